The number of amides is 1. The van der Waals surface area contributed by atoms with Gasteiger partial charge in [-0.15, -0.1) is 0 Å². The van der Waals surface area contributed by atoms with Crippen molar-refractivity contribution < 1.29 is 22.7 Å². The molecule has 0 spiro atoms. The lowest BCUT2D eigenvalue weighted by Crippen LogP contribution is -2.51. The van der Waals surface area contributed by atoms with Gasteiger partial charge in [0, 0.05) is 12.5 Å². The Hall–Kier alpha value is -2.09. The first-order valence-corrected chi connectivity index (χ1v) is 8.18. The highest BCUT2D eigenvalue weighted by Crippen LogP contribution is 2.26. The first kappa shape index (κ1) is 17.7. The molecule has 1 saturated heterocycles. The Kier molecular flexibility index (Phi) is 4.73. The average molecular weight is 355 g/mol. The van der Waals surface area contributed by atoms with Crippen LogP contribution in [-0.4, -0.2) is 52.3 Å². The summed E-state index contributed by atoms with van der Waals surface area (Å²) >= 11 is 0. The van der Waals surface area contributed by atoms with Crippen LogP contribution < -0.4 is 0 Å². The molecule has 0 N–H and O–H groups in total. The molecule has 0 radical (unpaired) electrons. The Morgan fingerprint density at radius 1 is 1.36 bits per heavy atom. The lowest BCUT2D eigenvalue weighted by atomic mass is 10.2. The average Bonchev–Trinajstić information content (AvgIpc) is 2.93. The fourth-order valence-corrected chi connectivity index (χ4v) is 3.01. The van der Waals surface area contributed by atoms with Gasteiger partial charge in [-0.25, -0.2) is 4.98 Å². The summed E-state index contributed by atoms with van der Waals surface area (Å²) < 4.78 is 45.1. The molecule has 0 bridgehead atoms. The molecule has 136 valence electrons. The van der Waals surface area contributed by atoms with E-state index in [1.807, 2.05) is 38.1 Å². The van der Waals surface area contributed by atoms with Crippen molar-refractivity contribution in [3.05, 3.63) is 30.1 Å². The van der Waals surface area contributed by atoms with E-state index in [2.05, 4.69) is 4.98 Å². The number of nitrogens with zero attached hydrogens (tertiary/aromatic N) is 3. The van der Waals surface area contributed by atoms with Gasteiger partial charge in [-0.3, -0.25) is 4.79 Å². The SMILES string of the molecule is CC(C)c1nc2ccccc2n1CC(=O)N1CCOC(C(F)(F)F)C1. The third-order valence-corrected chi connectivity index (χ3v) is 4.28. The van der Waals surface area contributed by atoms with Crippen LogP contribution in [0.5, 0.6) is 0 Å². The molecule has 1 atom stereocenters. The van der Waals surface area contributed by atoms with Crippen molar-refractivity contribution in [3.8, 4) is 0 Å². The second kappa shape index (κ2) is 6.67. The van der Waals surface area contributed by atoms with E-state index in [1.165, 1.54) is 4.90 Å². The molecule has 1 amide bonds. The second-order valence-corrected chi connectivity index (χ2v) is 6.44. The van der Waals surface area contributed by atoms with Gasteiger partial charge in [-0.2, -0.15) is 13.2 Å². The number of alkyl halides is 3. The number of morpholine rings is 1. The summed E-state index contributed by atoms with van der Waals surface area (Å²) in [7, 11) is 0. The predicted molar refractivity (Wildman–Crippen MR) is 86.2 cm³/mol. The number of para-hydroxylation sites is 2. The van der Waals surface area contributed by atoms with E-state index in [0.29, 0.717) is 0 Å². The maximum Gasteiger partial charge on any atom is 0.416 e. The Labute approximate surface area is 143 Å². The number of hydrogen-bond acceptors (Lipinski definition) is 3. The molecule has 25 heavy (non-hydrogen) atoms. The van der Waals surface area contributed by atoms with Gasteiger partial charge in [-0.05, 0) is 12.1 Å². The summed E-state index contributed by atoms with van der Waals surface area (Å²) in [5.74, 6) is 0.477. The maximum atomic E-state index is 12.9. The van der Waals surface area contributed by atoms with E-state index < -0.39 is 18.8 Å². The first-order valence-electron chi connectivity index (χ1n) is 8.18. The maximum absolute atomic E-state index is 12.9. The lowest BCUT2D eigenvalue weighted by molar-refractivity contribution is -0.236. The minimum atomic E-state index is -4.47. The highest BCUT2D eigenvalue weighted by atomic mass is 19.4. The topological polar surface area (TPSA) is 47.4 Å². The van der Waals surface area contributed by atoms with E-state index in [-0.39, 0.29) is 31.5 Å². The highest BCUT2D eigenvalue weighted by molar-refractivity contribution is 5.81. The number of benzene rings is 1. The monoisotopic (exact) mass is 355 g/mol. The summed E-state index contributed by atoms with van der Waals surface area (Å²) in [6.45, 7) is 3.49. The van der Waals surface area contributed by atoms with Gasteiger partial charge in [0.1, 0.15) is 12.4 Å². The normalized spacial score (nSPS) is 19.0. The number of carbonyl (C=O) groups excluding carboxylic acids is 1. The largest absolute Gasteiger partial charge is 0.416 e. The zero-order valence-corrected chi connectivity index (χ0v) is 14.1. The molecule has 0 saturated carbocycles. The van der Waals surface area contributed by atoms with Gasteiger partial charge in [-0.1, -0.05) is 26.0 Å². The van der Waals surface area contributed by atoms with Crippen LogP contribution in [0, 0.1) is 0 Å². The third kappa shape index (κ3) is 3.63. The highest BCUT2D eigenvalue weighted by Gasteiger charge is 2.44. The Bertz CT molecular complexity index is 770. The van der Waals surface area contributed by atoms with Gasteiger partial charge >= 0.3 is 6.18 Å². The summed E-state index contributed by atoms with van der Waals surface area (Å²) in [5.41, 5.74) is 1.58. The molecule has 0 aliphatic carbocycles. The Balaban J connectivity index is 1.83. The van der Waals surface area contributed by atoms with Crippen LogP contribution in [0.4, 0.5) is 13.2 Å². The number of rotatable bonds is 3. The van der Waals surface area contributed by atoms with E-state index in [1.54, 1.807) is 4.57 Å². The quantitative estimate of drug-likeness (QED) is 0.851. The molecule has 1 aliphatic heterocycles. The van der Waals surface area contributed by atoms with Crippen LogP contribution in [-0.2, 0) is 16.1 Å². The number of halogens is 3. The summed E-state index contributed by atoms with van der Waals surface area (Å²) in [6.07, 6.45) is -6.39. The number of carbonyl (C=O) groups is 1. The van der Waals surface area contributed by atoms with Crippen LogP contribution >= 0.6 is 0 Å². The van der Waals surface area contributed by atoms with E-state index >= 15 is 0 Å². The van der Waals surface area contributed by atoms with Gasteiger partial charge in [0.25, 0.3) is 0 Å². The van der Waals surface area contributed by atoms with Gasteiger partial charge < -0.3 is 14.2 Å². The van der Waals surface area contributed by atoms with Crippen molar-refractivity contribution in [1.29, 1.82) is 0 Å². The van der Waals surface area contributed by atoms with Crippen molar-refractivity contribution in [3.63, 3.8) is 0 Å². The third-order valence-electron chi connectivity index (χ3n) is 4.28. The number of aromatic nitrogens is 2. The minimum Gasteiger partial charge on any atom is -0.365 e. The molecular formula is C17H20F3N3O2. The van der Waals surface area contributed by atoms with Gasteiger partial charge in [0.15, 0.2) is 6.10 Å². The van der Waals surface area contributed by atoms with E-state index in [4.69, 9.17) is 4.74 Å². The first-order chi connectivity index (χ1) is 11.8. The zero-order chi connectivity index (χ0) is 18.2. The summed E-state index contributed by atoms with van der Waals surface area (Å²) in [5, 5.41) is 0. The molecule has 3 rings (SSSR count). The van der Waals surface area contributed by atoms with Crippen LogP contribution in [0.3, 0.4) is 0 Å². The van der Waals surface area contributed by atoms with Crippen LogP contribution in [0.25, 0.3) is 11.0 Å². The Morgan fingerprint density at radius 3 is 2.76 bits per heavy atom. The van der Waals surface area contributed by atoms with Crippen LogP contribution in [0.1, 0.15) is 25.6 Å². The number of ether oxygens (including phenoxy) is 1. The molecule has 5 nitrogen and oxygen atoms in total. The van der Waals surface area contributed by atoms with Crippen molar-refractivity contribution in [2.75, 3.05) is 19.7 Å². The fourth-order valence-electron chi connectivity index (χ4n) is 3.01. The predicted octanol–water partition coefficient (Wildman–Crippen LogP) is 2.95. The second-order valence-electron chi connectivity index (χ2n) is 6.44. The summed E-state index contributed by atoms with van der Waals surface area (Å²) in [4.78, 5) is 18.4. The van der Waals surface area contributed by atoms with Crippen molar-refractivity contribution in [1.82, 2.24) is 14.5 Å². The molecule has 1 aromatic carbocycles. The van der Waals surface area contributed by atoms with Crippen LogP contribution in [0.15, 0.2) is 24.3 Å². The van der Waals surface area contributed by atoms with Crippen LogP contribution in [0.2, 0.25) is 0 Å². The molecular weight excluding hydrogens is 335 g/mol. The number of fused-ring (bicyclic) bond motifs is 1. The zero-order valence-electron chi connectivity index (χ0n) is 14.1. The standard InChI is InChI=1S/C17H20F3N3O2/c1-11(2)16-21-12-5-3-4-6-13(12)23(16)10-15(24)22-7-8-25-14(9-22)17(18,19)20/h3-6,11,14H,7-10H2,1-2H3. The molecule has 1 unspecified atom stereocenters. The molecule has 8 heteroatoms. The van der Waals surface area contributed by atoms with E-state index in [9.17, 15) is 18.0 Å². The van der Waals surface area contributed by atoms with Crippen molar-refractivity contribution in [2.45, 2.75) is 38.6 Å². The molecule has 1 aromatic heterocycles. The number of hydrogen-bond donors (Lipinski definition) is 0. The van der Waals surface area contributed by atoms with Crippen molar-refractivity contribution in [2.24, 2.45) is 0 Å². The van der Waals surface area contributed by atoms with E-state index in [0.717, 1.165) is 16.9 Å². The number of imidazole rings is 1. The molecule has 2 aromatic rings. The lowest BCUT2D eigenvalue weighted by Gasteiger charge is -2.34. The van der Waals surface area contributed by atoms with Gasteiger partial charge in [0.05, 0.1) is 24.2 Å². The molecule has 1 fully saturated rings. The van der Waals surface area contributed by atoms with Gasteiger partial charge in [0.2, 0.25) is 5.91 Å². The smallest absolute Gasteiger partial charge is 0.365 e. The van der Waals surface area contributed by atoms with Crippen molar-refractivity contribution >= 4 is 16.9 Å². The minimum absolute atomic E-state index is 0.0292. The Morgan fingerprint density at radius 2 is 2.08 bits per heavy atom. The summed E-state index contributed by atoms with van der Waals surface area (Å²) in [6, 6.07) is 7.43. The molecule has 1 aliphatic rings. The fraction of sp³-hybridized carbons (Fsp3) is 0.529. The molecule has 2 heterocycles.